The zero-order valence-electron chi connectivity index (χ0n) is 21.7. The predicted molar refractivity (Wildman–Crippen MR) is 145 cm³/mol. The molecule has 37 heavy (non-hydrogen) atoms. The number of para-hydroxylation sites is 2. The number of aromatic nitrogens is 2. The van der Waals surface area contributed by atoms with E-state index in [-0.39, 0.29) is 24.3 Å². The van der Waals surface area contributed by atoms with E-state index in [4.69, 9.17) is 15.9 Å². The van der Waals surface area contributed by atoms with E-state index in [1.54, 1.807) is 19.3 Å². The van der Waals surface area contributed by atoms with E-state index in [0.29, 0.717) is 41.8 Å². The van der Waals surface area contributed by atoms with Crippen LogP contribution in [0.15, 0.2) is 47.7 Å². The molecule has 2 aromatic rings. The number of rotatable bonds is 9. The van der Waals surface area contributed by atoms with Gasteiger partial charge < -0.3 is 24.6 Å². The van der Waals surface area contributed by atoms with Gasteiger partial charge in [-0.25, -0.2) is 15.0 Å². The largest absolute Gasteiger partial charge is 0.493 e. The zero-order chi connectivity index (χ0) is 26.6. The molecule has 1 amide bonds. The second-order valence-electron chi connectivity index (χ2n) is 8.58. The van der Waals surface area contributed by atoms with Crippen molar-refractivity contribution in [2.75, 3.05) is 52.8 Å². The fourth-order valence-electron chi connectivity index (χ4n) is 3.63. The van der Waals surface area contributed by atoms with Crippen LogP contribution in [0, 0.1) is 31.1 Å². The molecule has 0 radical (unpaired) electrons. The van der Waals surface area contributed by atoms with Crippen LogP contribution in [0.1, 0.15) is 12.1 Å². The number of aryl methyl sites for hydroxylation is 1. The smallest absolute Gasteiger partial charge is 0.246 e. The maximum Gasteiger partial charge on any atom is 0.246 e. The van der Waals surface area contributed by atoms with E-state index in [0.717, 1.165) is 13.0 Å². The Balaban J connectivity index is 1.67. The molecule has 9 heteroatoms. The highest BCUT2D eigenvalue weighted by Crippen LogP contribution is 2.28. The van der Waals surface area contributed by atoms with Crippen LogP contribution in [0.2, 0.25) is 0 Å². The van der Waals surface area contributed by atoms with Crippen molar-refractivity contribution in [1.29, 1.82) is 0 Å². The van der Waals surface area contributed by atoms with E-state index in [2.05, 4.69) is 38.0 Å². The van der Waals surface area contributed by atoms with Crippen LogP contribution in [-0.4, -0.2) is 84.9 Å². The molecule has 1 aromatic heterocycles. The molecule has 1 aromatic carbocycles. The average molecular weight is 501 g/mol. The first-order chi connectivity index (χ1) is 17.9. The summed E-state index contributed by atoms with van der Waals surface area (Å²) in [5.74, 6) is 10.1. The minimum atomic E-state index is 0.00324. The first-order valence-electron chi connectivity index (χ1n) is 11.9. The highest BCUT2D eigenvalue weighted by molar-refractivity contribution is 6.14. The minimum Gasteiger partial charge on any atom is -0.493 e. The first kappa shape index (κ1) is 27.3. The SMILES string of the molecule is C#CC(C#CCOc1ccccc1OC)=Nc1c(C)ncnc1NC1CCN(C(=O)/C=C/CN(C)C)C1. The molecule has 1 aliphatic rings. The number of likely N-dealkylation sites (tertiary alicyclic amines) is 1. The third kappa shape index (κ3) is 8.09. The number of aliphatic imine (C=N–C) groups is 1. The lowest BCUT2D eigenvalue weighted by Crippen LogP contribution is -2.30. The maximum absolute atomic E-state index is 12.5. The second kappa shape index (κ2) is 13.7. The number of hydrogen-bond acceptors (Lipinski definition) is 8. The Labute approximate surface area is 218 Å². The van der Waals surface area contributed by atoms with Gasteiger partial charge in [0.05, 0.1) is 12.8 Å². The third-order valence-electron chi connectivity index (χ3n) is 5.51. The summed E-state index contributed by atoms with van der Waals surface area (Å²) in [5, 5.41) is 3.40. The van der Waals surface area contributed by atoms with Crippen molar-refractivity contribution in [2.45, 2.75) is 19.4 Å². The summed E-state index contributed by atoms with van der Waals surface area (Å²) < 4.78 is 10.9. The van der Waals surface area contributed by atoms with Crippen molar-refractivity contribution in [1.82, 2.24) is 19.8 Å². The van der Waals surface area contributed by atoms with Gasteiger partial charge in [0.15, 0.2) is 23.0 Å². The van der Waals surface area contributed by atoms with Crippen LogP contribution in [0.3, 0.4) is 0 Å². The third-order valence-corrected chi connectivity index (χ3v) is 5.51. The van der Waals surface area contributed by atoms with Crippen LogP contribution >= 0.6 is 0 Å². The number of nitrogens with one attached hydrogen (secondary N) is 1. The molecule has 1 saturated heterocycles. The van der Waals surface area contributed by atoms with Gasteiger partial charge in [-0.1, -0.05) is 24.1 Å². The fourth-order valence-corrected chi connectivity index (χ4v) is 3.63. The van der Waals surface area contributed by atoms with E-state index in [1.165, 1.54) is 6.33 Å². The molecular formula is C28H32N6O3. The molecule has 1 N–H and O–H groups in total. The fraction of sp³-hybridized carbons (Fsp3) is 0.357. The second-order valence-corrected chi connectivity index (χ2v) is 8.58. The van der Waals surface area contributed by atoms with Crippen molar-refractivity contribution >= 4 is 23.1 Å². The van der Waals surface area contributed by atoms with Crippen LogP contribution in [0.25, 0.3) is 0 Å². The van der Waals surface area contributed by atoms with Crippen LogP contribution < -0.4 is 14.8 Å². The number of methoxy groups -OCH3 is 1. The van der Waals surface area contributed by atoms with Crippen molar-refractivity contribution in [2.24, 2.45) is 4.99 Å². The predicted octanol–water partition coefficient (Wildman–Crippen LogP) is 2.71. The number of amides is 1. The van der Waals surface area contributed by atoms with Gasteiger partial charge >= 0.3 is 0 Å². The van der Waals surface area contributed by atoms with Crippen molar-refractivity contribution in [3.63, 3.8) is 0 Å². The number of anilines is 1. The van der Waals surface area contributed by atoms with Crippen molar-refractivity contribution < 1.29 is 14.3 Å². The molecule has 1 atom stereocenters. The number of likely N-dealkylation sites (N-methyl/N-ethyl adjacent to an activating group) is 1. The Kier molecular flexibility index (Phi) is 10.1. The molecule has 0 aliphatic carbocycles. The Hall–Kier alpha value is -4.34. The Bertz CT molecular complexity index is 1250. The molecule has 9 nitrogen and oxygen atoms in total. The molecule has 0 saturated carbocycles. The summed E-state index contributed by atoms with van der Waals surface area (Å²) in [6.07, 6.45) is 11.4. The lowest BCUT2D eigenvalue weighted by molar-refractivity contribution is -0.125. The first-order valence-corrected chi connectivity index (χ1v) is 11.9. The molecule has 3 rings (SSSR count). The van der Waals surface area contributed by atoms with Crippen molar-refractivity contribution in [3.8, 4) is 35.7 Å². The minimum absolute atomic E-state index is 0.00324. The molecule has 192 valence electrons. The highest BCUT2D eigenvalue weighted by atomic mass is 16.5. The summed E-state index contributed by atoms with van der Waals surface area (Å²) in [4.78, 5) is 29.5. The molecule has 1 fully saturated rings. The summed E-state index contributed by atoms with van der Waals surface area (Å²) >= 11 is 0. The number of nitrogens with zero attached hydrogens (tertiary/aromatic N) is 5. The van der Waals surface area contributed by atoms with E-state index in [1.807, 2.05) is 55.1 Å². The van der Waals surface area contributed by atoms with Gasteiger partial charge in [-0.05, 0) is 51.4 Å². The summed E-state index contributed by atoms with van der Waals surface area (Å²) in [6, 6.07) is 7.36. The average Bonchev–Trinajstić information content (AvgIpc) is 3.36. The Morgan fingerprint density at radius 1 is 1.32 bits per heavy atom. The lowest BCUT2D eigenvalue weighted by Gasteiger charge is -2.17. The normalized spacial score (nSPS) is 15.3. The molecule has 2 heterocycles. The summed E-state index contributed by atoms with van der Waals surface area (Å²) in [5.41, 5.74) is 1.42. The number of carbonyl (C=O) groups excluding carboxylic acids is 1. The standard InChI is InChI=1S/C28H32N6O3/c1-6-22(11-10-18-37-25-13-8-7-12-24(25)36-5)31-27-21(2)29-20-30-28(27)32-23-15-17-34(19-23)26(35)14-9-16-33(3)4/h1,7-9,12-14,20,23H,15-19H2,2-5H3,(H,29,30,32)/b14-9+,31-22?. The maximum atomic E-state index is 12.5. The van der Waals surface area contributed by atoms with E-state index >= 15 is 0 Å². The quantitative estimate of drug-likeness (QED) is 0.322. The van der Waals surface area contributed by atoms with Crippen LogP contribution in [-0.2, 0) is 4.79 Å². The molecule has 1 aliphatic heterocycles. The van der Waals surface area contributed by atoms with Gasteiger partial charge in [-0.3, -0.25) is 4.79 Å². The topological polar surface area (TPSA) is 92.2 Å². The van der Waals surface area contributed by atoms with Gasteiger partial charge in [-0.2, -0.15) is 0 Å². The summed E-state index contributed by atoms with van der Waals surface area (Å²) in [6.45, 7) is 3.90. The number of carbonyl (C=O) groups is 1. The number of ether oxygens (including phenoxy) is 2. The molecule has 1 unspecified atom stereocenters. The summed E-state index contributed by atoms with van der Waals surface area (Å²) in [7, 11) is 5.50. The van der Waals surface area contributed by atoms with Crippen LogP contribution in [0.4, 0.5) is 11.5 Å². The van der Waals surface area contributed by atoms with Crippen molar-refractivity contribution in [3.05, 3.63) is 48.4 Å². The Morgan fingerprint density at radius 2 is 2.11 bits per heavy atom. The van der Waals surface area contributed by atoms with Crippen LogP contribution in [0.5, 0.6) is 11.5 Å². The highest BCUT2D eigenvalue weighted by Gasteiger charge is 2.26. The van der Waals surface area contributed by atoms with Gasteiger partial charge in [0.2, 0.25) is 5.91 Å². The van der Waals surface area contributed by atoms with E-state index < -0.39 is 0 Å². The van der Waals surface area contributed by atoms with E-state index in [9.17, 15) is 4.79 Å². The molecular weight excluding hydrogens is 468 g/mol. The van der Waals surface area contributed by atoms with Gasteiger partial charge in [0.1, 0.15) is 18.6 Å². The number of terminal acetylenes is 1. The molecule has 0 spiro atoms. The molecule has 0 bridgehead atoms. The Morgan fingerprint density at radius 3 is 2.84 bits per heavy atom. The lowest BCUT2D eigenvalue weighted by atomic mass is 10.2. The monoisotopic (exact) mass is 500 g/mol. The zero-order valence-corrected chi connectivity index (χ0v) is 21.7. The van der Waals surface area contributed by atoms with Gasteiger partial charge in [0.25, 0.3) is 0 Å². The van der Waals surface area contributed by atoms with Gasteiger partial charge in [0, 0.05) is 31.8 Å². The number of benzene rings is 1. The number of hydrogen-bond donors (Lipinski definition) is 1. The van der Waals surface area contributed by atoms with Gasteiger partial charge in [-0.15, -0.1) is 6.42 Å².